The van der Waals surface area contributed by atoms with Crippen LogP contribution in [0.1, 0.15) is 0 Å². The summed E-state index contributed by atoms with van der Waals surface area (Å²) in [6.45, 7) is 0.191. The van der Waals surface area contributed by atoms with Gasteiger partial charge in [0.2, 0.25) is 6.10 Å². The summed E-state index contributed by atoms with van der Waals surface area (Å²) < 4.78 is 13.0. The van der Waals surface area contributed by atoms with Crippen molar-refractivity contribution < 1.29 is 14.3 Å². The van der Waals surface area contributed by atoms with Crippen molar-refractivity contribution in [3.05, 3.63) is 60.9 Å². The smallest absolute Gasteiger partial charge is 0.269 e. The number of hydrogen-bond acceptors (Lipinski definition) is 4. The Bertz CT molecular complexity index is 902. The van der Waals surface area contributed by atoms with Gasteiger partial charge in [0, 0.05) is 24.5 Å². The lowest BCUT2D eigenvalue weighted by atomic mass is 10.1. The van der Waals surface area contributed by atoms with Gasteiger partial charge >= 0.3 is 0 Å². The number of para-hydroxylation sites is 2. The van der Waals surface area contributed by atoms with Crippen LogP contribution < -0.4 is 14.8 Å². The summed E-state index contributed by atoms with van der Waals surface area (Å²) in [5.74, 6) is 1.01. The summed E-state index contributed by atoms with van der Waals surface area (Å²) in [6, 6.07) is 14.9. The zero-order chi connectivity index (χ0) is 17.2. The zero-order valence-corrected chi connectivity index (χ0v) is 13.7. The number of ether oxygens (including phenoxy) is 2. The second kappa shape index (κ2) is 6.32. The number of aromatic nitrogens is 2. The first-order valence-electron chi connectivity index (χ1n) is 7.97. The van der Waals surface area contributed by atoms with E-state index < -0.39 is 6.10 Å². The number of benzene rings is 2. The Hall–Kier alpha value is -3.28. The number of rotatable bonds is 3. The number of carbonyl (C=O) groups excluding carboxylic acids is 1. The van der Waals surface area contributed by atoms with Crippen molar-refractivity contribution in [2.24, 2.45) is 7.05 Å². The van der Waals surface area contributed by atoms with Gasteiger partial charge in [0.15, 0.2) is 11.5 Å². The van der Waals surface area contributed by atoms with Crippen LogP contribution in [0.4, 0.5) is 5.69 Å². The molecular weight excluding hydrogens is 318 g/mol. The van der Waals surface area contributed by atoms with Gasteiger partial charge in [-0.25, -0.2) is 0 Å². The molecule has 6 nitrogen and oxygen atoms in total. The first kappa shape index (κ1) is 15.3. The van der Waals surface area contributed by atoms with Gasteiger partial charge < -0.3 is 14.8 Å². The predicted molar refractivity (Wildman–Crippen MR) is 93.6 cm³/mol. The van der Waals surface area contributed by atoms with Crippen LogP contribution in [-0.4, -0.2) is 28.4 Å². The van der Waals surface area contributed by atoms with Crippen molar-refractivity contribution in [3.63, 3.8) is 0 Å². The Morgan fingerprint density at radius 2 is 1.88 bits per heavy atom. The lowest BCUT2D eigenvalue weighted by Crippen LogP contribution is -2.40. The van der Waals surface area contributed by atoms with Gasteiger partial charge in [-0.2, -0.15) is 5.10 Å². The summed E-state index contributed by atoms with van der Waals surface area (Å²) in [6.07, 6.45) is 3.07. The first-order chi connectivity index (χ1) is 12.2. The summed E-state index contributed by atoms with van der Waals surface area (Å²) in [4.78, 5) is 12.4. The fourth-order valence-corrected chi connectivity index (χ4v) is 2.69. The maximum absolute atomic E-state index is 12.4. The molecule has 6 heteroatoms. The lowest BCUT2D eigenvalue weighted by molar-refractivity contribution is -0.125. The molecule has 1 aliphatic rings. The highest BCUT2D eigenvalue weighted by molar-refractivity contribution is 5.95. The van der Waals surface area contributed by atoms with E-state index in [9.17, 15) is 4.79 Å². The molecule has 126 valence electrons. The standard InChI is InChI=1S/C19H17N3O3/c1-22-11-14(10-20-22)13-6-8-15(9-7-13)21-19(23)18-12-24-16-4-2-3-5-17(16)25-18/h2-11,18H,12H2,1H3,(H,21,23). The van der Waals surface area contributed by atoms with Crippen molar-refractivity contribution in [2.75, 3.05) is 11.9 Å². The van der Waals surface area contributed by atoms with E-state index in [2.05, 4.69) is 10.4 Å². The average molecular weight is 335 g/mol. The first-order valence-corrected chi connectivity index (χ1v) is 7.97. The third-order valence-electron chi connectivity index (χ3n) is 3.99. The molecule has 3 aromatic rings. The molecule has 0 saturated heterocycles. The molecule has 2 heterocycles. The zero-order valence-electron chi connectivity index (χ0n) is 13.7. The minimum absolute atomic E-state index is 0.191. The van der Waals surface area contributed by atoms with Crippen molar-refractivity contribution in [2.45, 2.75) is 6.10 Å². The van der Waals surface area contributed by atoms with E-state index in [1.165, 1.54) is 0 Å². The number of nitrogens with zero attached hydrogens (tertiary/aromatic N) is 2. The number of aryl methyl sites for hydroxylation is 1. The highest BCUT2D eigenvalue weighted by atomic mass is 16.6. The molecule has 25 heavy (non-hydrogen) atoms. The quantitative estimate of drug-likeness (QED) is 0.799. The van der Waals surface area contributed by atoms with E-state index in [0.717, 1.165) is 11.1 Å². The molecule has 4 rings (SSSR count). The van der Waals surface area contributed by atoms with Crippen LogP contribution in [-0.2, 0) is 11.8 Å². The Kier molecular flexibility index (Phi) is 3.85. The number of fused-ring (bicyclic) bond motifs is 1. The number of hydrogen-bond donors (Lipinski definition) is 1. The van der Waals surface area contributed by atoms with E-state index in [0.29, 0.717) is 17.2 Å². The second-order valence-corrected chi connectivity index (χ2v) is 5.83. The van der Waals surface area contributed by atoms with E-state index in [1.54, 1.807) is 16.9 Å². The summed E-state index contributed by atoms with van der Waals surface area (Å²) in [5, 5.41) is 7.02. The topological polar surface area (TPSA) is 65.4 Å². The number of carbonyl (C=O) groups is 1. The van der Waals surface area contributed by atoms with Gasteiger partial charge in [0.1, 0.15) is 6.61 Å². The molecule has 1 aliphatic heterocycles. The molecule has 0 fully saturated rings. The monoisotopic (exact) mass is 335 g/mol. The van der Waals surface area contributed by atoms with E-state index in [1.807, 2.05) is 55.7 Å². The molecule has 0 saturated carbocycles. The summed E-state index contributed by atoms with van der Waals surface area (Å²) >= 11 is 0. The Morgan fingerprint density at radius 3 is 2.60 bits per heavy atom. The fraction of sp³-hybridized carbons (Fsp3) is 0.158. The number of nitrogens with one attached hydrogen (secondary N) is 1. The average Bonchev–Trinajstić information content (AvgIpc) is 3.08. The van der Waals surface area contributed by atoms with Gasteiger partial charge in [-0.1, -0.05) is 24.3 Å². The molecule has 1 N–H and O–H groups in total. The van der Waals surface area contributed by atoms with Crippen molar-refractivity contribution in [1.29, 1.82) is 0 Å². The molecule has 2 aromatic carbocycles. The van der Waals surface area contributed by atoms with Crippen molar-refractivity contribution >= 4 is 11.6 Å². The van der Waals surface area contributed by atoms with Gasteiger partial charge in [-0.15, -0.1) is 0 Å². The maximum Gasteiger partial charge on any atom is 0.269 e. The molecule has 0 bridgehead atoms. The molecule has 1 atom stereocenters. The summed E-state index contributed by atoms with van der Waals surface area (Å²) in [7, 11) is 1.88. The third kappa shape index (κ3) is 3.19. The van der Waals surface area contributed by atoms with E-state index >= 15 is 0 Å². The Balaban J connectivity index is 1.43. The highest BCUT2D eigenvalue weighted by Gasteiger charge is 2.27. The molecule has 1 aromatic heterocycles. The van der Waals surface area contributed by atoms with E-state index in [-0.39, 0.29) is 12.5 Å². The van der Waals surface area contributed by atoms with Crippen LogP contribution in [0.2, 0.25) is 0 Å². The minimum Gasteiger partial charge on any atom is -0.485 e. The van der Waals surface area contributed by atoms with Gasteiger partial charge in [-0.05, 0) is 29.8 Å². The van der Waals surface area contributed by atoms with E-state index in [4.69, 9.17) is 9.47 Å². The lowest BCUT2D eigenvalue weighted by Gasteiger charge is -2.25. The van der Waals surface area contributed by atoms with Crippen LogP contribution in [0, 0.1) is 0 Å². The number of anilines is 1. The van der Waals surface area contributed by atoms with Crippen molar-refractivity contribution in [1.82, 2.24) is 9.78 Å². The fourth-order valence-electron chi connectivity index (χ4n) is 2.69. The molecular formula is C19H17N3O3. The molecule has 1 amide bonds. The Morgan fingerprint density at radius 1 is 1.12 bits per heavy atom. The Labute approximate surface area is 145 Å². The van der Waals surface area contributed by atoms with Gasteiger partial charge in [0.25, 0.3) is 5.91 Å². The van der Waals surface area contributed by atoms with Gasteiger partial charge in [0.05, 0.1) is 6.20 Å². The van der Waals surface area contributed by atoms with Crippen LogP contribution >= 0.6 is 0 Å². The SMILES string of the molecule is Cn1cc(-c2ccc(NC(=O)C3COc4ccccc4O3)cc2)cn1. The van der Waals surface area contributed by atoms with Crippen LogP contribution in [0.15, 0.2) is 60.9 Å². The summed E-state index contributed by atoms with van der Waals surface area (Å²) in [5.41, 5.74) is 2.78. The second-order valence-electron chi connectivity index (χ2n) is 5.83. The normalized spacial score (nSPS) is 15.6. The molecule has 0 spiro atoms. The van der Waals surface area contributed by atoms with Crippen molar-refractivity contribution in [3.8, 4) is 22.6 Å². The van der Waals surface area contributed by atoms with Crippen LogP contribution in [0.5, 0.6) is 11.5 Å². The predicted octanol–water partition coefficient (Wildman–Crippen LogP) is 2.87. The third-order valence-corrected chi connectivity index (χ3v) is 3.99. The molecule has 0 radical (unpaired) electrons. The van der Waals surface area contributed by atoms with Gasteiger partial charge in [-0.3, -0.25) is 9.48 Å². The number of amides is 1. The molecule has 1 unspecified atom stereocenters. The van der Waals surface area contributed by atoms with Crippen LogP contribution in [0.25, 0.3) is 11.1 Å². The largest absolute Gasteiger partial charge is 0.485 e. The minimum atomic E-state index is -0.673. The highest BCUT2D eigenvalue weighted by Crippen LogP contribution is 2.31. The van der Waals surface area contributed by atoms with Crippen LogP contribution in [0.3, 0.4) is 0 Å². The maximum atomic E-state index is 12.4. The molecule has 0 aliphatic carbocycles.